The molecule has 0 unspecified atom stereocenters. The summed E-state index contributed by atoms with van der Waals surface area (Å²) in [7, 11) is 0. The lowest BCUT2D eigenvalue weighted by atomic mass is 10.1. The normalized spacial score (nSPS) is 14.0. The summed E-state index contributed by atoms with van der Waals surface area (Å²) >= 11 is 1.24. The zero-order chi connectivity index (χ0) is 20.1. The maximum absolute atomic E-state index is 12.3. The van der Waals surface area contributed by atoms with Crippen LogP contribution in [0, 0.1) is 0 Å². The van der Waals surface area contributed by atoms with Gasteiger partial charge in [0.15, 0.2) is 5.82 Å². The van der Waals surface area contributed by atoms with E-state index in [4.69, 9.17) is 5.84 Å². The Labute approximate surface area is 173 Å². The molecule has 0 aliphatic carbocycles. The molecule has 3 heterocycles. The lowest BCUT2D eigenvalue weighted by Crippen LogP contribution is -2.29. The molecule has 1 aromatic carbocycles. The second-order valence-electron chi connectivity index (χ2n) is 6.85. The van der Waals surface area contributed by atoms with E-state index < -0.39 is 0 Å². The number of amides is 1. The van der Waals surface area contributed by atoms with Crippen molar-refractivity contribution < 1.29 is 4.79 Å². The van der Waals surface area contributed by atoms with Crippen LogP contribution in [-0.4, -0.2) is 44.6 Å². The van der Waals surface area contributed by atoms with Gasteiger partial charge in [0.25, 0.3) is 0 Å². The third-order valence-electron chi connectivity index (χ3n) is 4.79. The lowest BCUT2D eigenvalue weighted by molar-refractivity contribution is -0.113. The fourth-order valence-electron chi connectivity index (χ4n) is 3.30. The summed E-state index contributed by atoms with van der Waals surface area (Å²) in [4.78, 5) is 18.8. The van der Waals surface area contributed by atoms with E-state index in [9.17, 15) is 4.79 Å². The van der Waals surface area contributed by atoms with Crippen molar-refractivity contribution in [1.29, 1.82) is 0 Å². The molecular weight excluding hydrogens is 386 g/mol. The number of carbonyl (C=O) groups excluding carboxylic acids is 1. The molecule has 0 atom stereocenters. The first-order valence-electron chi connectivity index (χ1n) is 9.59. The van der Waals surface area contributed by atoms with Gasteiger partial charge in [0.2, 0.25) is 11.1 Å². The fraction of sp³-hybridized carbons (Fsp3) is 0.300. The number of anilines is 2. The van der Waals surface area contributed by atoms with Gasteiger partial charge in [-0.05, 0) is 55.7 Å². The zero-order valence-electron chi connectivity index (χ0n) is 16.0. The first-order valence-corrected chi connectivity index (χ1v) is 10.6. The van der Waals surface area contributed by atoms with E-state index >= 15 is 0 Å². The number of nitrogens with one attached hydrogen (secondary N) is 1. The molecule has 29 heavy (non-hydrogen) atoms. The van der Waals surface area contributed by atoms with Crippen molar-refractivity contribution in [1.82, 2.24) is 19.9 Å². The van der Waals surface area contributed by atoms with E-state index in [0.29, 0.717) is 11.0 Å². The highest BCUT2D eigenvalue weighted by Crippen LogP contribution is 2.23. The van der Waals surface area contributed by atoms with E-state index in [2.05, 4.69) is 37.5 Å². The summed E-state index contributed by atoms with van der Waals surface area (Å²) in [6.07, 6.45) is 7.14. The summed E-state index contributed by atoms with van der Waals surface area (Å²) in [5, 5.41) is 11.6. The second-order valence-corrected chi connectivity index (χ2v) is 7.79. The summed E-state index contributed by atoms with van der Waals surface area (Å²) < 4.78 is 1.38. The van der Waals surface area contributed by atoms with Crippen LogP contribution < -0.4 is 16.1 Å². The number of nitrogens with two attached hydrogens (primary N) is 1. The molecule has 0 bridgehead atoms. The van der Waals surface area contributed by atoms with E-state index in [-0.39, 0.29) is 11.7 Å². The molecule has 1 aliphatic rings. The number of hydrogen-bond donors (Lipinski definition) is 2. The van der Waals surface area contributed by atoms with Gasteiger partial charge in [-0.3, -0.25) is 9.78 Å². The van der Waals surface area contributed by atoms with Gasteiger partial charge in [-0.25, -0.2) is 4.68 Å². The van der Waals surface area contributed by atoms with Gasteiger partial charge in [0.05, 0.1) is 5.75 Å². The van der Waals surface area contributed by atoms with Crippen LogP contribution in [0.5, 0.6) is 0 Å². The molecule has 1 fully saturated rings. The number of pyridine rings is 1. The average molecular weight is 410 g/mol. The fourth-order valence-corrected chi connectivity index (χ4v) is 3.96. The van der Waals surface area contributed by atoms with Crippen LogP contribution in [0.3, 0.4) is 0 Å². The minimum atomic E-state index is -0.119. The maximum atomic E-state index is 12.3. The second kappa shape index (κ2) is 8.95. The number of nitrogen functional groups attached to an aromatic ring is 1. The first-order chi connectivity index (χ1) is 14.2. The van der Waals surface area contributed by atoms with Crippen LogP contribution in [0.25, 0.3) is 11.4 Å². The van der Waals surface area contributed by atoms with Crippen molar-refractivity contribution in [3.8, 4) is 11.4 Å². The number of hydrogen-bond acceptors (Lipinski definition) is 7. The summed E-state index contributed by atoms with van der Waals surface area (Å²) in [5.41, 5.74) is 2.76. The molecule has 9 heteroatoms. The van der Waals surface area contributed by atoms with Gasteiger partial charge < -0.3 is 16.1 Å². The van der Waals surface area contributed by atoms with Gasteiger partial charge in [-0.2, -0.15) is 0 Å². The molecule has 1 amide bonds. The Morgan fingerprint density at radius 1 is 1.10 bits per heavy atom. The van der Waals surface area contributed by atoms with Crippen LogP contribution in [-0.2, 0) is 4.79 Å². The van der Waals surface area contributed by atoms with Crippen molar-refractivity contribution in [3.05, 3.63) is 48.8 Å². The number of benzene rings is 1. The van der Waals surface area contributed by atoms with Crippen LogP contribution in [0.1, 0.15) is 19.3 Å². The lowest BCUT2D eigenvalue weighted by Gasteiger charge is -2.28. The van der Waals surface area contributed by atoms with Crippen molar-refractivity contribution in [2.75, 3.05) is 34.9 Å². The van der Waals surface area contributed by atoms with Crippen molar-refractivity contribution in [3.63, 3.8) is 0 Å². The average Bonchev–Trinajstić information content (AvgIpc) is 3.14. The number of thioether (sulfide) groups is 1. The minimum Gasteiger partial charge on any atom is -0.372 e. The summed E-state index contributed by atoms with van der Waals surface area (Å²) in [6.45, 7) is 2.20. The first kappa shape index (κ1) is 19.3. The van der Waals surface area contributed by atoms with Gasteiger partial charge >= 0.3 is 0 Å². The van der Waals surface area contributed by atoms with Crippen LogP contribution in [0.4, 0.5) is 11.4 Å². The Morgan fingerprint density at radius 2 is 1.90 bits per heavy atom. The maximum Gasteiger partial charge on any atom is 0.234 e. The van der Waals surface area contributed by atoms with Crippen LogP contribution in [0.2, 0.25) is 0 Å². The molecule has 0 spiro atoms. The van der Waals surface area contributed by atoms with Crippen molar-refractivity contribution in [2.45, 2.75) is 24.4 Å². The quantitative estimate of drug-likeness (QED) is 0.477. The Morgan fingerprint density at radius 3 is 2.62 bits per heavy atom. The van der Waals surface area contributed by atoms with Gasteiger partial charge in [0, 0.05) is 42.4 Å². The highest BCUT2D eigenvalue weighted by molar-refractivity contribution is 7.99. The minimum absolute atomic E-state index is 0.119. The smallest absolute Gasteiger partial charge is 0.234 e. The van der Waals surface area contributed by atoms with Gasteiger partial charge in [-0.1, -0.05) is 11.8 Å². The molecular formula is C20H23N7OS. The highest BCUT2D eigenvalue weighted by Gasteiger charge is 2.14. The Bertz CT molecular complexity index is 953. The van der Waals surface area contributed by atoms with E-state index in [1.165, 1.54) is 41.4 Å². The Hall–Kier alpha value is -3.07. The third-order valence-corrected chi connectivity index (χ3v) is 5.73. The highest BCUT2D eigenvalue weighted by atomic mass is 32.2. The molecule has 3 aromatic rings. The Kier molecular flexibility index (Phi) is 5.95. The Balaban J connectivity index is 1.32. The SMILES string of the molecule is Nn1c(SCC(=O)Nc2ccc(N3CCCCC3)cc2)nnc1-c1cccnc1. The molecule has 0 saturated carbocycles. The molecule has 2 aromatic heterocycles. The molecule has 0 radical (unpaired) electrons. The summed E-state index contributed by atoms with van der Waals surface area (Å²) in [6, 6.07) is 11.7. The number of aromatic nitrogens is 4. The number of piperidine rings is 1. The largest absolute Gasteiger partial charge is 0.372 e. The number of carbonyl (C=O) groups is 1. The zero-order valence-corrected chi connectivity index (χ0v) is 16.8. The monoisotopic (exact) mass is 409 g/mol. The van der Waals surface area contributed by atoms with Crippen molar-refractivity contribution >= 4 is 29.0 Å². The van der Waals surface area contributed by atoms with Crippen molar-refractivity contribution in [2.24, 2.45) is 0 Å². The third kappa shape index (κ3) is 4.68. The number of nitrogens with zero attached hydrogens (tertiary/aromatic N) is 5. The van der Waals surface area contributed by atoms with E-state index in [1.807, 2.05) is 18.2 Å². The van der Waals surface area contributed by atoms with Crippen LogP contribution >= 0.6 is 11.8 Å². The van der Waals surface area contributed by atoms with Crippen LogP contribution in [0.15, 0.2) is 53.9 Å². The predicted octanol–water partition coefficient (Wildman–Crippen LogP) is 2.78. The van der Waals surface area contributed by atoms with E-state index in [1.54, 1.807) is 18.5 Å². The summed E-state index contributed by atoms with van der Waals surface area (Å²) in [5.74, 6) is 6.65. The molecule has 150 valence electrons. The number of rotatable bonds is 6. The van der Waals surface area contributed by atoms with Gasteiger partial charge in [-0.15, -0.1) is 10.2 Å². The molecule has 1 saturated heterocycles. The topological polar surface area (TPSA) is 102 Å². The molecule has 4 rings (SSSR count). The van der Waals surface area contributed by atoms with Gasteiger partial charge in [0.1, 0.15) is 0 Å². The predicted molar refractivity (Wildman–Crippen MR) is 115 cm³/mol. The molecule has 1 aliphatic heterocycles. The standard InChI is InChI=1S/C20H23N7OS/c21-27-19(15-5-4-10-22-13-15)24-25-20(27)29-14-18(28)23-16-6-8-17(9-7-16)26-11-2-1-3-12-26/h4-10,13H,1-3,11-12,14,21H2,(H,23,28). The molecule has 8 nitrogen and oxygen atoms in total. The molecule has 3 N–H and O–H groups in total. The van der Waals surface area contributed by atoms with E-state index in [0.717, 1.165) is 24.3 Å².